The molecule has 19 heteroatoms. The molecule has 0 fully saturated rings. The van der Waals surface area contributed by atoms with Crippen molar-refractivity contribution in [3.05, 3.63) is 0 Å². The van der Waals surface area contributed by atoms with Gasteiger partial charge in [-0.25, -0.2) is 9.13 Å². The Morgan fingerprint density at radius 1 is 0.292 bits per heavy atom. The fourth-order valence-corrected chi connectivity index (χ4v) is 13.3. The molecular formula is C77H150O17P2. The summed E-state index contributed by atoms with van der Waals surface area (Å²) >= 11 is 0. The Morgan fingerprint density at radius 3 is 0.740 bits per heavy atom. The molecule has 0 spiro atoms. The van der Waals surface area contributed by atoms with Crippen LogP contribution in [0.2, 0.25) is 0 Å². The van der Waals surface area contributed by atoms with Gasteiger partial charge in [-0.2, -0.15) is 0 Å². The number of phosphoric acid groups is 2. The molecule has 0 saturated heterocycles. The largest absolute Gasteiger partial charge is 0.472 e. The molecule has 0 aliphatic carbocycles. The lowest BCUT2D eigenvalue weighted by Crippen LogP contribution is -2.30. The average molecular weight is 1410 g/mol. The minimum absolute atomic E-state index is 0.102. The number of aliphatic hydroxyl groups is 1. The van der Waals surface area contributed by atoms with Gasteiger partial charge in [0.15, 0.2) is 12.2 Å². The Labute approximate surface area is 588 Å². The SMILES string of the molecule is CCC(C)CCCCCCCCCCCCCCCCC(=O)O[C@H](COC(=O)CCCCCCCCCC(C)C)COP(=O)(O)OCC(O)COP(=O)(O)OC[C@@H](COC(=O)CCCCCCCCCCCCCCCCCCC(C)C)OC(=O)CCCCCCCCC(C)C. The quantitative estimate of drug-likeness (QED) is 0.0222. The maximum atomic E-state index is 13.1. The lowest BCUT2D eigenvalue weighted by atomic mass is 9.99. The van der Waals surface area contributed by atoms with Crippen LogP contribution >= 0.6 is 15.6 Å². The van der Waals surface area contributed by atoms with Crippen LogP contribution in [0.3, 0.4) is 0 Å². The number of carbonyl (C=O) groups excluding carboxylic acids is 4. The van der Waals surface area contributed by atoms with E-state index >= 15 is 0 Å². The van der Waals surface area contributed by atoms with Crippen LogP contribution in [-0.4, -0.2) is 96.7 Å². The zero-order valence-corrected chi connectivity index (χ0v) is 64.8. The lowest BCUT2D eigenvalue weighted by Gasteiger charge is -2.21. The third-order valence-corrected chi connectivity index (χ3v) is 20.1. The second-order valence-corrected chi connectivity index (χ2v) is 32.3. The van der Waals surface area contributed by atoms with Gasteiger partial charge in [-0.15, -0.1) is 0 Å². The zero-order chi connectivity index (χ0) is 71.0. The van der Waals surface area contributed by atoms with Crippen LogP contribution in [0, 0.1) is 23.7 Å². The van der Waals surface area contributed by atoms with Crippen molar-refractivity contribution in [1.82, 2.24) is 0 Å². The standard InChI is InChI=1S/C77H150O17P2/c1-9-70(8)56-48-40-31-25-21-17-14-15-19-23-27-33-43-51-59-76(81)93-72(63-88-75(80)58-50-42-34-28-30-38-46-54-68(4)5)65-91-95(83,84)89-61-71(78)62-90-96(85,86)92-66-73(94-77(82)60-52-44-36-35-39-47-55-69(6)7)64-87-74(79)57-49-41-32-26-22-18-13-11-10-12-16-20-24-29-37-45-53-67(2)3/h67-73,78H,9-66H2,1-8H3,(H,83,84)(H,85,86)/t70?,71?,72-,73-/m1/s1. The van der Waals surface area contributed by atoms with Crippen molar-refractivity contribution in [2.45, 2.75) is 408 Å². The Kier molecular flexibility index (Phi) is 65.0. The van der Waals surface area contributed by atoms with Crippen molar-refractivity contribution in [2.75, 3.05) is 39.6 Å². The molecule has 0 bridgehead atoms. The van der Waals surface area contributed by atoms with Gasteiger partial charge >= 0.3 is 39.5 Å². The van der Waals surface area contributed by atoms with E-state index in [4.69, 9.17) is 37.0 Å². The van der Waals surface area contributed by atoms with Crippen molar-refractivity contribution in [3.63, 3.8) is 0 Å². The second kappa shape index (κ2) is 66.3. The third-order valence-electron chi connectivity index (χ3n) is 18.2. The number of phosphoric ester groups is 2. The van der Waals surface area contributed by atoms with Crippen LogP contribution in [0.1, 0.15) is 389 Å². The van der Waals surface area contributed by atoms with Crippen molar-refractivity contribution in [2.24, 2.45) is 23.7 Å². The van der Waals surface area contributed by atoms with Gasteiger partial charge in [0, 0.05) is 25.7 Å². The van der Waals surface area contributed by atoms with Crippen molar-refractivity contribution in [1.29, 1.82) is 0 Å². The molecule has 6 atom stereocenters. The van der Waals surface area contributed by atoms with E-state index in [-0.39, 0.29) is 25.7 Å². The Morgan fingerprint density at radius 2 is 0.500 bits per heavy atom. The van der Waals surface area contributed by atoms with Crippen LogP contribution in [-0.2, 0) is 65.4 Å². The molecule has 570 valence electrons. The third kappa shape index (κ3) is 69.2. The van der Waals surface area contributed by atoms with E-state index in [9.17, 15) is 43.2 Å². The van der Waals surface area contributed by atoms with Gasteiger partial charge < -0.3 is 33.8 Å². The molecule has 0 amide bonds. The molecule has 0 aromatic heterocycles. The first kappa shape index (κ1) is 94.1. The lowest BCUT2D eigenvalue weighted by molar-refractivity contribution is -0.161. The summed E-state index contributed by atoms with van der Waals surface area (Å²) in [5, 5.41) is 10.6. The fraction of sp³-hybridized carbons (Fsp3) is 0.948. The maximum Gasteiger partial charge on any atom is 0.472 e. The van der Waals surface area contributed by atoms with Crippen molar-refractivity contribution < 1.29 is 80.2 Å². The second-order valence-electron chi connectivity index (χ2n) is 29.4. The molecule has 17 nitrogen and oxygen atoms in total. The predicted octanol–water partition coefficient (Wildman–Crippen LogP) is 22.4. The monoisotopic (exact) mass is 1410 g/mol. The highest BCUT2D eigenvalue weighted by Gasteiger charge is 2.30. The van der Waals surface area contributed by atoms with Gasteiger partial charge in [0.2, 0.25) is 0 Å². The highest BCUT2D eigenvalue weighted by atomic mass is 31.2. The maximum absolute atomic E-state index is 13.1. The highest BCUT2D eigenvalue weighted by molar-refractivity contribution is 7.47. The summed E-state index contributed by atoms with van der Waals surface area (Å²) in [4.78, 5) is 72.7. The van der Waals surface area contributed by atoms with Gasteiger partial charge in [-0.3, -0.25) is 37.3 Å². The van der Waals surface area contributed by atoms with Crippen molar-refractivity contribution >= 4 is 39.5 Å². The summed E-state index contributed by atoms with van der Waals surface area (Å²) in [6.45, 7) is 14.1. The topological polar surface area (TPSA) is 237 Å². The van der Waals surface area contributed by atoms with Gasteiger partial charge in [0.25, 0.3) is 0 Å². The summed E-state index contributed by atoms with van der Waals surface area (Å²) < 4.78 is 68.5. The van der Waals surface area contributed by atoms with E-state index in [1.54, 1.807) is 0 Å². The van der Waals surface area contributed by atoms with E-state index in [1.165, 1.54) is 186 Å². The number of unbranched alkanes of at least 4 members (excludes halogenated alkanes) is 39. The van der Waals surface area contributed by atoms with Gasteiger partial charge in [-0.05, 0) is 49.4 Å². The molecular weight excluding hydrogens is 1260 g/mol. The normalized spacial score (nSPS) is 14.4. The minimum atomic E-state index is -4.96. The summed E-state index contributed by atoms with van der Waals surface area (Å²) in [5.41, 5.74) is 0. The first-order chi connectivity index (χ1) is 46.1. The number of hydrogen-bond acceptors (Lipinski definition) is 15. The molecule has 0 rings (SSSR count). The molecule has 0 heterocycles. The molecule has 0 aliphatic heterocycles. The van der Waals surface area contributed by atoms with E-state index in [0.717, 1.165) is 108 Å². The Hall–Kier alpha value is -1.94. The average Bonchev–Trinajstić information content (AvgIpc) is 1.26. The summed E-state index contributed by atoms with van der Waals surface area (Å²) in [7, 11) is -9.91. The Bertz CT molecular complexity index is 1890. The van der Waals surface area contributed by atoms with Crippen LogP contribution in [0.4, 0.5) is 0 Å². The smallest absolute Gasteiger partial charge is 0.462 e. The molecule has 0 aliphatic rings. The molecule has 0 saturated carbocycles. The zero-order valence-electron chi connectivity index (χ0n) is 63.0. The van der Waals surface area contributed by atoms with Crippen LogP contribution < -0.4 is 0 Å². The molecule has 96 heavy (non-hydrogen) atoms. The molecule has 3 N–H and O–H groups in total. The van der Waals surface area contributed by atoms with Gasteiger partial charge in [0.05, 0.1) is 26.4 Å². The number of hydrogen-bond donors (Lipinski definition) is 3. The molecule has 0 aromatic rings. The van der Waals surface area contributed by atoms with E-state index in [2.05, 4.69) is 55.4 Å². The highest BCUT2D eigenvalue weighted by Crippen LogP contribution is 2.45. The fourth-order valence-electron chi connectivity index (χ4n) is 11.7. The molecule has 4 unspecified atom stereocenters. The van der Waals surface area contributed by atoms with Crippen LogP contribution in [0.5, 0.6) is 0 Å². The number of carbonyl (C=O) groups is 4. The van der Waals surface area contributed by atoms with Crippen LogP contribution in [0.15, 0.2) is 0 Å². The summed E-state index contributed by atoms with van der Waals surface area (Å²) in [5.74, 6) is 0.907. The number of ether oxygens (including phenoxy) is 4. The van der Waals surface area contributed by atoms with Crippen molar-refractivity contribution in [3.8, 4) is 0 Å². The summed E-state index contributed by atoms with van der Waals surface area (Å²) in [6, 6.07) is 0. The predicted molar refractivity (Wildman–Crippen MR) is 391 cm³/mol. The number of esters is 4. The molecule has 0 aromatic carbocycles. The summed E-state index contributed by atoms with van der Waals surface area (Å²) in [6.07, 6.45) is 51.7. The first-order valence-electron chi connectivity index (χ1n) is 39.7. The number of rotatable bonds is 74. The minimum Gasteiger partial charge on any atom is -0.462 e. The van der Waals surface area contributed by atoms with Gasteiger partial charge in [-0.1, -0.05) is 338 Å². The van der Waals surface area contributed by atoms with E-state index in [0.29, 0.717) is 37.5 Å². The molecule has 0 radical (unpaired) electrons. The Balaban J connectivity index is 5.15. The van der Waals surface area contributed by atoms with E-state index in [1.807, 2.05) is 0 Å². The first-order valence-corrected chi connectivity index (χ1v) is 42.7. The van der Waals surface area contributed by atoms with Crippen LogP contribution in [0.25, 0.3) is 0 Å². The van der Waals surface area contributed by atoms with Gasteiger partial charge in [0.1, 0.15) is 19.3 Å². The number of aliphatic hydroxyl groups excluding tert-OH is 1. The van der Waals surface area contributed by atoms with E-state index < -0.39 is 97.5 Å².